The number of Topliss-reactive ketones (excluding diaryl/α,β-unsaturated/α-hetero) is 1. The van der Waals surface area contributed by atoms with Crippen molar-refractivity contribution in [3.63, 3.8) is 0 Å². The normalized spacial score (nSPS) is 21.1. The van der Waals surface area contributed by atoms with Crippen molar-refractivity contribution < 1.29 is 9.59 Å². The van der Waals surface area contributed by atoms with Gasteiger partial charge < -0.3 is 4.90 Å². The molecule has 1 atom stereocenters. The zero-order valence-electron chi connectivity index (χ0n) is 18.4. The molecule has 2 heterocycles. The first-order valence-electron chi connectivity index (χ1n) is 11.0. The average molecular weight is 416 g/mol. The van der Waals surface area contributed by atoms with Gasteiger partial charge in [0.15, 0.2) is 5.78 Å². The van der Waals surface area contributed by atoms with Gasteiger partial charge in [-0.15, -0.1) is 0 Å². The van der Waals surface area contributed by atoms with Crippen LogP contribution in [0.15, 0.2) is 58.5 Å². The predicted octanol–water partition coefficient (Wildman–Crippen LogP) is 4.69. The summed E-state index contributed by atoms with van der Waals surface area (Å²) in [7, 11) is 0. The lowest BCUT2D eigenvalue weighted by Gasteiger charge is -2.32. The van der Waals surface area contributed by atoms with Crippen molar-refractivity contribution in [1.82, 2.24) is 4.90 Å². The minimum absolute atomic E-state index is 0.0143. The fraction of sp³-hybridized carbons (Fsp3) is 0.385. The molecule has 31 heavy (non-hydrogen) atoms. The number of nitrogens with zero attached hydrogens (tertiary/aromatic N) is 3. The van der Waals surface area contributed by atoms with E-state index in [4.69, 9.17) is 0 Å². The number of ketones is 1. The van der Waals surface area contributed by atoms with Gasteiger partial charge in [-0.3, -0.25) is 14.6 Å². The van der Waals surface area contributed by atoms with Crippen LogP contribution in [0, 0.1) is 18.8 Å². The lowest BCUT2D eigenvalue weighted by molar-refractivity contribution is 0.0650. The van der Waals surface area contributed by atoms with E-state index < -0.39 is 5.54 Å². The van der Waals surface area contributed by atoms with E-state index in [1.165, 1.54) is 0 Å². The van der Waals surface area contributed by atoms with Gasteiger partial charge in [0, 0.05) is 36.3 Å². The van der Waals surface area contributed by atoms with Crippen LogP contribution in [-0.4, -0.2) is 42.2 Å². The van der Waals surface area contributed by atoms with E-state index in [1.54, 1.807) is 6.34 Å². The number of piperidine rings is 1. The summed E-state index contributed by atoms with van der Waals surface area (Å²) in [6.45, 7) is 7.47. The molecule has 0 spiro atoms. The molecule has 4 rings (SSSR count). The Labute approximate surface area is 183 Å². The summed E-state index contributed by atoms with van der Waals surface area (Å²) in [5, 5.41) is 0. The SMILES string of the molecule is Cc1ccc(C(=O)C2CCN(C(=O)c3ccc(C4(C(C)C)C=NC=N4)cc3)CC2)cc1. The number of hydrogen-bond donors (Lipinski definition) is 0. The molecule has 2 aromatic carbocycles. The Balaban J connectivity index is 1.40. The summed E-state index contributed by atoms with van der Waals surface area (Å²) in [6, 6.07) is 15.5. The second kappa shape index (κ2) is 8.58. The monoisotopic (exact) mass is 415 g/mol. The van der Waals surface area contributed by atoms with E-state index in [-0.39, 0.29) is 23.5 Å². The van der Waals surface area contributed by atoms with Crippen LogP contribution in [0.1, 0.15) is 58.5 Å². The third-order valence-electron chi connectivity index (χ3n) is 6.57. The fourth-order valence-corrected chi connectivity index (χ4v) is 4.45. The first kappa shape index (κ1) is 21.2. The first-order chi connectivity index (χ1) is 14.9. The van der Waals surface area contributed by atoms with E-state index in [2.05, 4.69) is 23.8 Å². The Morgan fingerprint density at radius 1 is 0.968 bits per heavy atom. The van der Waals surface area contributed by atoms with E-state index >= 15 is 0 Å². The van der Waals surface area contributed by atoms with Gasteiger partial charge in [-0.1, -0.05) is 55.8 Å². The Kier molecular flexibility index (Phi) is 5.86. The van der Waals surface area contributed by atoms with E-state index in [9.17, 15) is 9.59 Å². The lowest BCUT2D eigenvalue weighted by Crippen LogP contribution is -2.40. The highest BCUT2D eigenvalue weighted by molar-refractivity contribution is 5.98. The Morgan fingerprint density at radius 3 is 2.13 bits per heavy atom. The molecule has 0 bridgehead atoms. The van der Waals surface area contributed by atoms with Crippen molar-refractivity contribution >= 4 is 24.2 Å². The van der Waals surface area contributed by atoms with Crippen molar-refractivity contribution in [1.29, 1.82) is 0 Å². The highest BCUT2D eigenvalue weighted by atomic mass is 16.2. The third kappa shape index (κ3) is 4.09. The molecule has 160 valence electrons. The predicted molar refractivity (Wildman–Crippen MR) is 124 cm³/mol. The maximum atomic E-state index is 13.0. The number of carbonyl (C=O) groups excluding carboxylic acids is 2. The third-order valence-corrected chi connectivity index (χ3v) is 6.57. The number of amides is 1. The minimum Gasteiger partial charge on any atom is -0.339 e. The van der Waals surface area contributed by atoms with Crippen LogP contribution in [0.25, 0.3) is 0 Å². The molecule has 0 saturated carbocycles. The Bertz CT molecular complexity index is 1000. The van der Waals surface area contributed by atoms with Crippen LogP contribution in [0.2, 0.25) is 0 Å². The minimum atomic E-state index is -0.448. The topological polar surface area (TPSA) is 62.1 Å². The smallest absolute Gasteiger partial charge is 0.253 e. The van der Waals surface area contributed by atoms with Gasteiger partial charge in [-0.2, -0.15) is 0 Å². The number of aryl methyl sites for hydroxylation is 1. The number of rotatable bonds is 5. The summed E-state index contributed by atoms with van der Waals surface area (Å²) in [5.41, 5.74) is 3.18. The molecule has 2 aliphatic rings. The molecular weight excluding hydrogens is 386 g/mol. The molecule has 5 heteroatoms. The fourth-order valence-electron chi connectivity index (χ4n) is 4.45. The molecule has 1 amide bonds. The summed E-state index contributed by atoms with van der Waals surface area (Å²) in [5.74, 6) is 0.463. The van der Waals surface area contributed by atoms with Crippen molar-refractivity contribution in [2.75, 3.05) is 13.1 Å². The molecule has 1 saturated heterocycles. The van der Waals surface area contributed by atoms with Gasteiger partial charge in [0.2, 0.25) is 0 Å². The van der Waals surface area contributed by atoms with E-state index in [1.807, 2.05) is 66.6 Å². The zero-order valence-corrected chi connectivity index (χ0v) is 18.4. The van der Waals surface area contributed by atoms with Crippen molar-refractivity contribution in [2.24, 2.45) is 21.8 Å². The van der Waals surface area contributed by atoms with Crippen LogP contribution in [-0.2, 0) is 5.54 Å². The van der Waals surface area contributed by atoms with Crippen molar-refractivity contribution in [3.8, 4) is 0 Å². The molecule has 0 N–H and O–H groups in total. The number of hydrogen-bond acceptors (Lipinski definition) is 4. The first-order valence-corrected chi connectivity index (χ1v) is 11.0. The van der Waals surface area contributed by atoms with Crippen LogP contribution in [0.5, 0.6) is 0 Å². The summed E-state index contributed by atoms with van der Waals surface area (Å²) in [6.07, 6.45) is 4.89. The Morgan fingerprint density at radius 2 is 1.58 bits per heavy atom. The zero-order chi connectivity index (χ0) is 22.0. The molecule has 2 aliphatic heterocycles. The van der Waals surface area contributed by atoms with Crippen molar-refractivity contribution in [3.05, 3.63) is 70.8 Å². The largest absolute Gasteiger partial charge is 0.339 e. The molecule has 0 aliphatic carbocycles. The number of likely N-dealkylation sites (tertiary alicyclic amines) is 1. The lowest BCUT2D eigenvalue weighted by atomic mass is 9.81. The van der Waals surface area contributed by atoms with Gasteiger partial charge in [0.1, 0.15) is 11.9 Å². The van der Waals surface area contributed by atoms with E-state index in [0.29, 0.717) is 31.5 Å². The highest BCUT2D eigenvalue weighted by Gasteiger charge is 2.35. The number of aliphatic imine (C=N–C) groups is 2. The number of benzene rings is 2. The quantitative estimate of drug-likeness (QED) is 0.665. The maximum Gasteiger partial charge on any atom is 0.253 e. The Hall–Kier alpha value is -3.08. The highest BCUT2D eigenvalue weighted by Crippen LogP contribution is 2.34. The maximum absolute atomic E-state index is 13.0. The van der Waals surface area contributed by atoms with Gasteiger partial charge in [-0.25, -0.2) is 4.99 Å². The molecule has 5 nitrogen and oxygen atoms in total. The van der Waals surface area contributed by atoms with Gasteiger partial charge >= 0.3 is 0 Å². The molecular formula is C26H29N3O2. The van der Waals surface area contributed by atoms with E-state index in [0.717, 1.165) is 16.7 Å². The van der Waals surface area contributed by atoms with Gasteiger partial charge in [-0.05, 0) is 43.4 Å². The molecule has 1 fully saturated rings. The summed E-state index contributed by atoms with van der Waals surface area (Å²) >= 11 is 0. The van der Waals surface area contributed by atoms with Crippen LogP contribution in [0.4, 0.5) is 0 Å². The molecule has 2 aromatic rings. The van der Waals surface area contributed by atoms with Gasteiger partial charge in [0.05, 0.1) is 0 Å². The van der Waals surface area contributed by atoms with Gasteiger partial charge in [0.25, 0.3) is 5.91 Å². The molecule has 0 radical (unpaired) electrons. The molecule has 1 unspecified atom stereocenters. The average Bonchev–Trinajstić information content (AvgIpc) is 3.30. The second-order valence-corrected chi connectivity index (χ2v) is 8.88. The standard InChI is InChI=1S/C26H29N3O2/c1-18(2)26(16-27-17-28-26)23-10-8-22(9-11-23)25(31)29-14-12-21(13-15-29)24(30)20-6-4-19(3)5-7-20/h4-11,16-18,21H,12-15H2,1-3H3. The van der Waals surface area contributed by atoms with Crippen LogP contribution >= 0.6 is 0 Å². The summed E-state index contributed by atoms with van der Waals surface area (Å²) in [4.78, 5) is 36.4. The number of carbonyl (C=O) groups is 2. The molecule has 0 aromatic heterocycles. The van der Waals surface area contributed by atoms with Crippen molar-refractivity contribution in [2.45, 2.75) is 39.2 Å². The second-order valence-electron chi connectivity index (χ2n) is 8.88. The van der Waals surface area contributed by atoms with Crippen LogP contribution < -0.4 is 0 Å². The summed E-state index contributed by atoms with van der Waals surface area (Å²) < 4.78 is 0. The van der Waals surface area contributed by atoms with Crippen LogP contribution in [0.3, 0.4) is 0 Å².